The van der Waals surface area contributed by atoms with Crippen molar-refractivity contribution in [1.82, 2.24) is 0 Å². The van der Waals surface area contributed by atoms with Crippen LogP contribution in [0.15, 0.2) is 47.5 Å². The third-order valence-electron chi connectivity index (χ3n) is 5.54. The largest absolute Gasteiger partial charge is 0.490 e. The van der Waals surface area contributed by atoms with Crippen molar-refractivity contribution < 1.29 is 9.47 Å². The second kappa shape index (κ2) is 9.07. The molecule has 3 N–H and O–H groups in total. The van der Waals surface area contributed by atoms with Crippen LogP contribution in [0.2, 0.25) is 0 Å². The summed E-state index contributed by atoms with van der Waals surface area (Å²) in [5.41, 5.74) is 9.35. The van der Waals surface area contributed by atoms with Crippen LogP contribution in [-0.4, -0.2) is 32.3 Å². The van der Waals surface area contributed by atoms with E-state index in [0.29, 0.717) is 25.7 Å². The predicted octanol–water partition coefficient (Wildman–Crippen LogP) is 4.01. The number of ether oxygens (including phenoxy) is 2. The molecular formula is C23H30N4O2. The summed E-state index contributed by atoms with van der Waals surface area (Å²) >= 11 is 0. The van der Waals surface area contributed by atoms with Gasteiger partial charge in [-0.15, -0.1) is 0 Å². The van der Waals surface area contributed by atoms with Crippen LogP contribution in [0.4, 0.5) is 11.4 Å². The van der Waals surface area contributed by atoms with E-state index in [2.05, 4.69) is 46.4 Å². The van der Waals surface area contributed by atoms with Crippen molar-refractivity contribution in [3.8, 4) is 11.5 Å². The van der Waals surface area contributed by atoms with Crippen LogP contribution in [0.25, 0.3) is 0 Å². The molecule has 2 aliphatic heterocycles. The Balaban J connectivity index is 1.33. The molecule has 6 heteroatoms. The van der Waals surface area contributed by atoms with Crippen molar-refractivity contribution in [3.63, 3.8) is 0 Å². The first kappa shape index (κ1) is 19.4. The Morgan fingerprint density at radius 3 is 2.55 bits per heavy atom. The molecule has 154 valence electrons. The molecule has 1 saturated heterocycles. The van der Waals surface area contributed by atoms with Gasteiger partial charge in [0.2, 0.25) is 0 Å². The number of fused-ring (bicyclic) bond motifs is 1. The predicted molar refractivity (Wildman–Crippen MR) is 118 cm³/mol. The lowest BCUT2D eigenvalue weighted by atomic mass is 9.99. The van der Waals surface area contributed by atoms with Gasteiger partial charge in [0.1, 0.15) is 0 Å². The first-order valence-corrected chi connectivity index (χ1v) is 10.5. The molecule has 0 amide bonds. The number of benzene rings is 2. The maximum Gasteiger partial charge on any atom is 0.193 e. The van der Waals surface area contributed by atoms with Gasteiger partial charge in [0.15, 0.2) is 17.5 Å². The summed E-state index contributed by atoms with van der Waals surface area (Å²) < 4.78 is 11.4. The fourth-order valence-electron chi connectivity index (χ4n) is 3.68. The number of aliphatic imine (C=N–C) groups is 1. The zero-order valence-corrected chi connectivity index (χ0v) is 17.1. The molecule has 0 aliphatic carbocycles. The third-order valence-corrected chi connectivity index (χ3v) is 5.54. The molecule has 2 aromatic carbocycles. The lowest BCUT2D eigenvalue weighted by Gasteiger charge is -2.32. The summed E-state index contributed by atoms with van der Waals surface area (Å²) in [5, 5.41) is 3.13. The van der Waals surface area contributed by atoms with E-state index in [4.69, 9.17) is 15.2 Å². The topological polar surface area (TPSA) is 72.1 Å². The van der Waals surface area contributed by atoms with Gasteiger partial charge < -0.3 is 25.4 Å². The number of hydrogen-bond donors (Lipinski definition) is 2. The van der Waals surface area contributed by atoms with Crippen LogP contribution < -0.4 is 25.4 Å². The fraction of sp³-hybridized carbons (Fsp3) is 0.435. The van der Waals surface area contributed by atoms with Gasteiger partial charge >= 0.3 is 0 Å². The summed E-state index contributed by atoms with van der Waals surface area (Å²) in [6, 6.07) is 14.4. The number of nitrogens with zero attached hydrogens (tertiary/aromatic N) is 2. The number of hydrogen-bond acceptors (Lipinski definition) is 4. The van der Waals surface area contributed by atoms with E-state index in [-0.39, 0.29) is 0 Å². The number of guanidine groups is 1. The fourth-order valence-corrected chi connectivity index (χ4v) is 3.68. The Bertz CT molecular complexity index is 842. The molecule has 6 nitrogen and oxygen atoms in total. The normalized spacial score (nSPS) is 17.7. The maximum absolute atomic E-state index is 6.08. The average molecular weight is 395 g/mol. The molecule has 0 radical (unpaired) electrons. The molecule has 0 atom stereocenters. The zero-order valence-electron chi connectivity index (χ0n) is 17.1. The molecule has 0 saturated carbocycles. The van der Waals surface area contributed by atoms with Crippen molar-refractivity contribution >= 4 is 17.3 Å². The van der Waals surface area contributed by atoms with Crippen molar-refractivity contribution in [2.45, 2.75) is 32.7 Å². The molecular weight excluding hydrogens is 364 g/mol. The number of nitrogens with one attached hydrogen (secondary N) is 1. The summed E-state index contributed by atoms with van der Waals surface area (Å²) in [6.07, 6.45) is 3.43. The number of rotatable bonds is 4. The van der Waals surface area contributed by atoms with Gasteiger partial charge in [-0.3, -0.25) is 0 Å². The number of anilines is 2. The molecule has 0 spiro atoms. The van der Waals surface area contributed by atoms with Crippen LogP contribution in [0.1, 0.15) is 31.7 Å². The Kier molecular flexibility index (Phi) is 6.08. The molecule has 2 heterocycles. The van der Waals surface area contributed by atoms with E-state index in [9.17, 15) is 0 Å². The van der Waals surface area contributed by atoms with Crippen LogP contribution in [-0.2, 0) is 6.54 Å². The minimum atomic E-state index is 0.383. The smallest absolute Gasteiger partial charge is 0.193 e. The summed E-state index contributed by atoms with van der Waals surface area (Å²) in [6.45, 7) is 6.51. The Morgan fingerprint density at radius 1 is 1.07 bits per heavy atom. The average Bonchev–Trinajstić information content (AvgIpc) is 2.98. The molecule has 0 unspecified atom stereocenters. The monoisotopic (exact) mass is 394 g/mol. The van der Waals surface area contributed by atoms with Gasteiger partial charge in [-0.05, 0) is 48.6 Å². The molecule has 2 aromatic rings. The minimum Gasteiger partial charge on any atom is -0.490 e. The second-order valence-electron chi connectivity index (χ2n) is 7.87. The Hall–Kier alpha value is -2.89. The van der Waals surface area contributed by atoms with Gasteiger partial charge in [-0.2, -0.15) is 0 Å². The van der Waals surface area contributed by atoms with Gasteiger partial charge in [0.25, 0.3) is 0 Å². The Morgan fingerprint density at radius 2 is 1.79 bits per heavy atom. The second-order valence-corrected chi connectivity index (χ2v) is 7.87. The molecule has 1 fully saturated rings. The van der Waals surface area contributed by atoms with E-state index in [0.717, 1.165) is 48.2 Å². The van der Waals surface area contributed by atoms with E-state index in [1.54, 1.807) is 0 Å². The highest BCUT2D eigenvalue weighted by Crippen LogP contribution is 2.32. The summed E-state index contributed by atoms with van der Waals surface area (Å²) in [4.78, 5) is 6.94. The lowest BCUT2D eigenvalue weighted by molar-refractivity contribution is 0.297. The van der Waals surface area contributed by atoms with Crippen LogP contribution >= 0.6 is 0 Å². The lowest BCUT2D eigenvalue weighted by Crippen LogP contribution is -2.32. The SMILES string of the molecule is CC1CCN(c2ccc(CN=C(N)Nc3ccc4c(c3)OCCCO4)cc2)CC1. The summed E-state index contributed by atoms with van der Waals surface area (Å²) in [7, 11) is 0. The van der Waals surface area contributed by atoms with E-state index in [1.807, 2.05) is 18.2 Å². The van der Waals surface area contributed by atoms with Crippen LogP contribution in [0.5, 0.6) is 11.5 Å². The van der Waals surface area contributed by atoms with Crippen LogP contribution in [0.3, 0.4) is 0 Å². The molecule has 0 aromatic heterocycles. The highest BCUT2D eigenvalue weighted by atomic mass is 16.5. The first-order valence-electron chi connectivity index (χ1n) is 10.5. The number of piperidine rings is 1. The number of nitrogens with two attached hydrogens (primary N) is 1. The highest BCUT2D eigenvalue weighted by Gasteiger charge is 2.15. The van der Waals surface area contributed by atoms with E-state index < -0.39 is 0 Å². The van der Waals surface area contributed by atoms with Crippen molar-refractivity contribution in [2.75, 3.05) is 36.5 Å². The first-order chi connectivity index (χ1) is 14.2. The molecule has 2 aliphatic rings. The maximum atomic E-state index is 6.08. The minimum absolute atomic E-state index is 0.383. The molecule has 29 heavy (non-hydrogen) atoms. The highest BCUT2D eigenvalue weighted by molar-refractivity contribution is 5.92. The van der Waals surface area contributed by atoms with Gasteiger partial charge in [-0.1, -0.05) is 19.1 Å². The standard InChI is InChI=1S/C23H30N4O2/c1-17-9-11-27(12-10-17)20-6-3-18(4-7-20)16-25-23(24)26-19-5-8-21-22(15-19)29-14-2-13-28-21/h3-8,15,17H,2,9-14,16H2,1H3,(H3,24,25,26). The Labute approximate surface area is 172 Å². The zero-order chi connectivity index (χ0) is 20.1. The quantitative estimate of drug-likeness (QED) is 0.606. The third kappa shape index (κ3) is 5.13. The van der Waals surface area contributed by atoms with Crippen molar-refractivity contribution in [2.24, 2.45) is 16.6 Å². The van der Waals surface area contributed by atoms with Crippen LogP contribution in [0, 0.1) is 5.92 Å². The van der Waals surface area contributed by atoms with Crippen molar-refractivity contribution in [1.29, 1.82) is 0 Å². The molecule has 0 bridgehead atoms. The molecule has 4 rings (SSSR count). The van der Waals surface area contributed by atoms with Gasteiger partial charge in [0, 0.05) is 37.0 Å². The van der Waals surface area contributed by atoms with Crippen molar-refractivity contribution in [3.05, 3.63) is 48.0 Å². The summed E-state index contributed by atoms with van der Waals surface area (Å²) in [5.74, 6) is 2.73. The van der Waals surface area contributed by atoms with Gasteiger partial charge in [0.05, 0.1) is 19.8 Å². The van der Waals surface area contributed by atoms with Gasteiger partial charge in [-0.25, -0.2) is 4.99 Å². The van der Waals surface area contributed by atoms with E-state index >= 15 is 0 Å². The van der Waals surface area contributed by atoms with E-state index in [1.165, 1.54) is 18.5 Å².